The number of hydrogen-bond donors (Lipinski definition) is 4. The molecule has 0 aromatic heterocycles. The molecule has 3 aliphatic carbocycles. The summed E-state index contributed by atoms with van der Waals surface area (Å²) >= 11 is 0. The van der Waals surface area contributed by atoms with Crippen LogP contribution in [0.25, 0.3) is 6.08 Å². The molecule has 11 heteroatoms. The number of primary amides is 1. The minimum Gasteiger partial charge on any atom is -0.507 e. The van der Waals surface area contributed by atoms with Gasteiger partial charge in [0.25, 0.3) is 0 Å². The molecule has 4 rings (SSSR count). The molecule has 39 heavy (non-hydrogen) atoms. The van der Waals surface area contributed by atoms with Crippen LogP contribution in [0.15, 0.2) is 18.2 Å². The third kappa shape index (κ3) is 4.49. The molecule has 0 saturated heterocycles. The average Bonchev–Trinajstić information content (AvgIpc) is 2.79. The molecule has 0 spiro atoms. The van der Waals surface area contributed by atoms with Gasteiger partial charge in [-0.1, -0.05) is 6.07 Å². The van der Waals surface area contributed by atoms with Crippen LogP contribution >= 0.6 is 0 Å². The van der Waals surface area contributed by atoms with E-state index in [1.165, 1.54) is 37.2 Å². The fourth-order valence-corrected chi connectivity index (χ4v) is 6.36. The maximum atomic E-state index is 13.8. The third-order valence-electron chi connectivity index (χ3n) is 7.89. The largest absolute Gasteiger partial charge is 0.507 e. The second-order valence-electron chi connectivity index (χ2n) is 11.9. The van der Waals surface area contributed by atoms with Gasteiger partial charge in [-0.05, 0) is 76.9 Å². The molecular weight excluding hydrogens is 506 g/mol. The topological polar surface area (TPSA) is 184 Å². The monoisotopic (exact) mass is 539 g/mol. The van der Waals surface area contributed by atoms with Gasteiger partial charge in [0.15, 0.2) is 34.7 Å². The predicted octanol–water partition coefficient (Wildman–Crippen LogP) is -0.205. The number of aliphatic hydroxyl groups is 1. The van der Waals surface area contributed by atoms with E-state index >= 15 is 0 Å². The van der Waals surface area contributed by atoms with Gasteiger partial charge < -0.3 is 21.3 Å². The van der Waals surface area contributed by atoms with Crippen molar-refractivity contribution >= 4 is 41.0 Å². The number of benzene rings is 1. The van der Waals surface area contributed by atoms with Crippen LogP contribution in [0.1, 0.15) is 48.7 Å². The highest BCUT2D eigenvalue weighted by atomic mass is 16.3. The molecular formula is C28H33N3O8. The summed E-state index contributed by atoms with van der Waals surface area (Å²) in [6.07, 6.45) is 2.89. The molecule has 2 amide bonds. The summed E-state index contributed by atoms with van der Waals surface area (Å²) in [5, 5.41) is 25.0. The molecule has 3 aliphatic rings. The zero-order valence-corrected chi connectivity index (χ0v) is 22.5. The van der Waals surface area contributed by atoms with Crippen molar-refractivity contribution < 1.29 is 39.0 Å². The molecule has 2 fully saturated rings. The number of carbonyl (C=O) groups excluding carboxylic acids is 6. The minimum absolute atomic E-state index is 0.0484. The number of carbonyl (C=O) groups is 6. The summed E-state index contributed by atoms with van der Waals surface area (Å²) in [6, 6.07) is 1.66. The second kappa shape index (κ2) is 9.49. The lowest BCUT2D eigenvalue weighted by molar-refractivity contribution is -0.181. The SMILES string of the molecule is CN(C)[C@@H]1C(=O)C(C(N)=O)C(=O)[C@@]2(O)C(=O)C3C(=O)c4c(O)ccc(C=CC(=O)NC(C)(C)C)c4C[C@H]3C[C@@H]12. The second-order valence-corrected chi connectivity index (χ2v) is 11.9. The fraction of sp³-hybridized carbons (Fsp3) is 0.500. The highest BCUT2D eigenvalue weighted by Gasteiger charge is 2.69. The number of phenols is 1. The van der Waals surface area contributed by atoms with Crippen molar-refractivity contribution in [1.29, 1.82) is 0 Å². The van der Waals surface area contributed by atoms with Crippen LogP contribution in [-0.2, 0) is 30.4 Å². The van der Waals surface area contributed by atoms with Gasteiger partial charge in [-0.2, -0.15) is 0 Å². The van der Waals surface area contributed by atoms with Crippen molar-refractivity contribution in [1.82, 2.24) is 10.2 Å². The zero-order chi connectivity index (χ0) is 29.2. The number of rotatable bonds is 4. The molecule has 5 N–H and O–H groups in total. The van der Waals surface area contributed by atoms with Gasteiger partial charge in [-0.3, -0.25) is 33.7 Å². The van der Waals surface area contributed by atoms with Gasteiger partial charge in [-0.15, -0.1) is 0 Å². The number of nitrogens with zero attached hydrogens (tertiary/aromatic N) is 1. The Morgan fingerprint density at radius 1 is 1.13 bits per heavy atom. The first-order chi connectivity index (χ1) is 18.0. The van der Waals surface area contributed by atoms with Crippen molar-refractivity contribution in [2.75, 3.05) is 14.1 Å². The van der Waals surface area contributed by atoms with Crippen LogP contribution < -0.4 is 11.1 Å². The first-order valence-corrected chi connectivity index (χ1v) is 12.7. The molecule has 11 nitrogen and oxygen atoms in total. The third-order valence-corrected chi connectivity index (χ3v) is 7.89. The number of likely N-dealkylation sites (N-methyl/N-ethyl adjacent to an activating group) is 1. The van der Waals surface area contributed by atoms with E-state index in [0.29, 0.717) is 11.1 Å². The van der Waals surface area contributed by atoms with E-state index in [2.05, 4.69) is 5.32 Å². The van der Waals surface area contributed by atoms with Crippen LogP contribution in [0.3, 0.4) is 0 Å². The lowest BCUT2D eigenvalue weighted by Crippen LogP contribution is -2.74. The van der Waals surface area contributed by atoms with Gasteiger partial charge in [0.2, 0.25) is 11.8 Å². The normalized spacial score (nSPS) is 30.7. The zero-order valence-electron chi connectivity index (χ0n) is 22.5. The summed E-state index contributed by atoms with van der Waals surface area (Å²) in [4.78, 5) is 79.8. The van der Waals surface area contributed by atoms with Crippen molar-refractivity contribution in [3.63, 3.8) is 0 Å². The number of nitrogens with two attached hydrogens (primary N) is 1. The smallest absolute Gasteiger partial charge is 0.244 e. The summed E-state index contributed by atoms with van der Waals surface area (Å²) in [7, 11) is 3.05. The van der Waals surface area contributed by atoms with E-state index in [0.717, 1.165) is 0 Å². The number of amides is 2. The number of nitrogens with one attached hydrogen (secondary N) is 1. The Morgan fingerprint density at radius 2 is 1.77 bits per heavy atom. The first-order valence-electron chi connectivity index (χ1n) is 12.7. The quantitative estimate of drug-likeness (QED) is 0.297. The molecule has 0 aliphatic heterocycles. The first kappa shape index (κ1) is 28.3. The molecule has 6 atom stereocenters. The van der Waals surface area contributed by atoms with Crippen molar-refractivity contribution in [2.24, 2.45) is 29.4 Å². The lowest BCUT2D eigenvalue weighted by Gasteiger charge is -2.52. The van der Waals surface area contributed by atoms with E-state index in [1.54, 1.807) is 6.07 Å². The number of hydrogen-bond acceptors (Lipinski definition) is 9. The molecule has 1 aromatic rings. The van der Waals surface area contributed by atoms with Gasteiger partial charge >= 0.3 is 0 Å². The van der Waals surface area contributed by atoms with Crippen molar-refractivity contribution in [3.8, 4) is 5.75 Å². The number of Topliss-reactive ketones (excluding diaryl/α,β-unsaturated/α-hetero) is 4. The van der Waals surface area contributed by atoms with Crippen LogP contribution in [0.5, 0.6) is 5.75 Å². The van der Waals surface area contributed by atoms with Crippen LogP contribution in [0, 0.1) is 23.7 Å². The van der Waals surface area contributed by atoms with Gasteiger partial charge in [-0.25, -0.2) is 0 Å². The van der Waals surface area contributed by atoms with Crippen molar-refractivity contribution in [3.05, 3.63) is 34.9 Å². The maximum absolute atomic E-state index is 13.8. The number of fused-ring (bicyclic) bond motifs is 3. The molecule has 0 radical (unpaired) electrons. The Balaban J connectivity index is 1.79. The molecule has 208 valence electrons. The number of phenolic OH excluding ortho intramolecular Hbond substituents is 1. The number of ketones is 4. The summed E-state index contributed by atoms with van der Waals surface area (Å²) in [6.45, 7) is 5.48. The Bertz CT molecular complexity index is 1340. The summed E-state index contributed by atoms with van der Waals surface area (Å²) < 4.78 is 0. The standard InChI is InChI=1S/C28H33N3O8/c1-27(2,3)30-17(33)9-7-12-6-8-16(32)19-14(12)10-13-11-15-21(31(4)5)23(35)20(26(29)38)25(37)28(15,39)24(36)18(13)22(19)34/h6-9,13,15,18,20-21,32,39H,10-11H2,1-5H3,(H2,29,38)(H,30,33)/t13-,15-,18?,20?,21-,28-/m0/s1. The molecule has 2 unspecified atom stereocenters. The minimum atomic E-state index is -2.77. The summed E-state index contributed by atoms with van der Waals surface area (Å²) in [5.74, 6) is -11.4. The Hall–Kier alpha value is -3.70. The van der Waals surface area contributed by atoms with E-state index in [-0.39, 0.29) is 30.1 Å². The van der Waals surface area contributed by atoms with E-state index in [9.17, 15) is 39.0 Å². The molecule has 0 heterocycles. The maximum Gasteiger partial charge on any atom is 0.244 e. The molecule has 0 bridgehead atoms. The van der Waals surface area contributed by atoms with Crippen molar-refractivity contribution in [2.45, 2.75) is 50.8 Å². The number of aromatic hydroxyl groups is 1. The predicted molar refractivity (Wildman–Crippen MR) is 138 cm³/mol. The van der Waals surface area contributed by atoms with Gasteiger partial charge in [0, 0.05) is 17.5 Å². The summed E-state index contributed by atoms with van der Waals surface area (Å²) in [5.41, 5.74) is 2.87. The van der Waals surface area contributed by atoms with E-state index in [4.69, 9.17) is 5.73 Å². The Labute approximate surface area is 225 Å². The Kier molecular flexibility index (Phi) is 6.89. The van der Waals surface area contributed by atoms with Gasteiger partial charge in [0.05, 0.1) is 17.5 Å². The molecule has 2 saturated carbocycles. The lowest BCUT2D eigenvalue weighted by atomic mass is 9.52. The van der Waals surface area contributed by atoms with Gasteiger partial charge in [0.1, 0.15) is 5.75 Å². The highest BCUT2D eigenvalue weighted by molar-refractivity contribution is 6.32. The fourth-order valence-electron chi connectivity index (χ4n) is 6.36. The van der Waals surface area contributed by atoms with E-state index < -0.39 is 69.9 Å². The van der Waals surface area contributed by atoms with E-state index in [1.807, 2.05) is 20.8 Å². The highest BCUT2D eigenvalue weighted by Crippen LogP contribution is 2.51. The van der Waals surface area contributed by atoms with Crippen LogP contribution in [0.2, 0.25) is 0 Å². The molecule has 1 aromatic carbocycles. The van der Waals surface area contributed by atoms with Crippen LogP contribution in [-0.4, -0.2) is 81.3 Å². The van der Waals surface area contributed by atoms with Crippen LogP contribution in [0.4, 0.5) is 0 Å². The Morgan fingerprint density at radius 3 is 2.33 bits per heavy atom. The average molecular weight is 540 g/mol.